The zero-order valence-electron chi connectivity index (χ0n) is 8.96. The summed E-state index contributed by atoms with van der Waals surface area (Å²) < 4.78 is 4.60. The first kappa shape index (κ1) is 12.7. The molecule has 0 aliphatic carbocycles. The van der Waals surface area contributed by atoms with E-state index in [9.17, 15) is 0 Å². The SMILES string of the molecule is CC=C(C)C=[CH][Ti][CH]=CC(C)=CC. The van der Waals surface area contributed by atoms with Crippen molar-refractivity contribution >= 4 is 0 Å². The van der Waals surface area contributed by atoms with Gasteiger partial charge in [-0.05, 0) is 0 Å². The summed E-state index contributed by atoms with van der Waals surface area (Å²) >= 11 is -0.0211. The first-order valence-electron chi connectivity index (χ1n) is 4.55. The van der Waals surface area contributed by atoms with Gasteiger partial charge in [0.25, 0.3) is 0 Å². The second-order valence-corrected chi connectivity index (χ2v) is 4.46. The van der Waals surface area contributed by atoms with Gasteiger partial charge in [-0.3, -0.25) is 0 Å². The van der Waals surface area contributed by atoms with Crippen LogP contribution < -0.4 is 0 Å². The number of hydrogen-bond donors (Lipinski definition) is 0. The molecule has 0 unspecified atom stereocenters. The van der Waals surface area contributed by atoms with Crippen LogP contribution in [0.4, 0.5) is 0 Å². The van der Waals surface area contributed by atoms with Crippen LogP contribution in [0.25, 0.3) is 0 Å². The topological polar surface area (TPSA) is 0 Å². The molecule has 13 heavy (non-hydrogen) atoms. The molecule has 0 amide bonds. The van der Waals surface area contributed by atoms with Gasteiger partial charge in [0.05, 0.1) is 0 Å². The van der Waals surface area contributed by atoms with Gasteiger partial charge in [-0.25, -0.2) is 0 Å². The van der Waals surface area contributed by atoms with Crippen molar-refractivity contribution in [2.75, 3.05) is 0 Å². The van der Waals surface area contributed by atoms with E-state index < -0.39 is 0 Å². The van der Waals surface area contributed by atoms with E-state index in [1.54, 1.807) is 0 Å². The fourth-order valence-electron chi connectivity index (χ4n) is 0.607. The van der Waals surface area contributed by atoms with Crippen molar-refractivity contribution in [2.45, 2.75) is 27.7 Å². The average Bonchev–Trinajstić information content (AvgIpc) is 2.16. The molecule has 0 radical (unpaired) electrons. The summed E-state index contributed by atoms with van der Waals surface area (Å²) in [5, 5.41) is 0. The van der Waals surface area contributed by atoms with Crippen molar-refractivity contribution < 1.29 is 19.2 Å². The Bertz CT molecular complexity index is 216. The quantitative estimate of drug-likeness (QED) is 0.485. The third-order valence-electron chi connectivity index (χ3n) is 1.80. The van der Waals surface area contributed by atoms with Crippen LogP contribution in [0.1, 0.15) is 27.7 Å². The van der Waals surface area contributed by atoms with E-state index in [0.29, 0.717) is 0 Å². The van der Waals surface area contributed by atoms with Crippen molar-refractivity contribution in [2.24, 2.45) is 0 Å². The van der Waals surface area contributed by atoms with E-state index in [-0.39, 0.29) is 19.2 Å². The second-order valence-electron chi connectivity index (χ2n) is 2.90. The first-order chi connectivity index (χ1) is 6.20. The maximum absolute atomic E-state index is 2.30. The average molecular weight is 210 g/mol. The Morgan fingerprint density at radius 2 is 1.23 bits per heavy atom. The first-order valence-corrected chi connectivity index (χ1v) is 6.36. The van der Waals surface area contributed by atoms with Crippen LogP contribution in [0.2, 0.25) is 0 Å². The van der Waals surface area contributed by atoms with E-state index in [1.807, 2.05) is 0 Å². The number of allylic oxidation sites excluding steroid dienone is 6. The molecule has 1 heteroatoms. The minimum atomic E-state index is -0.0211. The van der Waals surface area contributed by atoms with Gasteiger partial charge in [-0.2, -0.15) is 0 Å². The molecule has 0 spiro atoms. The van der Waals surface area contributed by atoms with Crippen molar-refractivity contribution in [3.8, 4) is 0 Å². The Kier molecular flexibility index (Phi) is 8.07. The Labute approximate surface area is 91.0 Å². The van der Waals surface area contributed by atoms with E-state index in [1.165, 1.54) is 11.1 Å². The van der Waals surface area contributed by atoms with Crippen LogP contribution in [0.5, 0.6) is 0 Å². The fraction of sp³-hybridized carbons (Fsp3) is 0.333. The Morgan fingerprint density at radius 3 is 1.54 bits per heavy atom. The molecule has 0 aromatic carbocycles. The Hall–Kier alpha value is -0.326. The van der Waals surface area contributed by atoms with Crippen LogP contribution in [0.15, 0.2) is 44.2 Å². The molecular formula is C12H18Ti. The van der Waals surface area contributed by atoms with Gasteiger partial charge in [0.1, 0.15) is 0 Å². The zero-order chi connectivity index (χ0) is 10.1. The molecular weight excluding hydrogens is 192 g/mol. The molecule has 0 N–H and O–H groups in total. The molecule has 0 heterocycles. The van der Waals surface area contributed by atoms with Crippen LogP contribution in [-0.2, 0) is 19.2 Å². The molecule has 0 bridgehead atoms. The Morgan fingerprint density at radius 1 is 0.846 bits per heavy atom. The molecule has 0 aromatic heterocycles. The van der Waals surface area contributed by atoms with Gasteiger partial charge in [0, 0.05) is 0 Å². The van der Waals surface area contributed by atoms with Gasteiger partial charge < -0.3 is 0 Å². The van der Waals surface area contributed by atoms with E-state index in [0.717, 1.165) is 0 Å². The third-order valence-corrected chi connectivity index (χ3v) is 2.92. The summed E-state index contributed by atoms with van der Waals surface area (Å²) in [7, 11) is 0. The van der Waals surface area contributed by atoms with Crippen LogP contribution in [-0.4, -0.2) is 0 Å². The number of hydrogen-bond acceptors (Lipinski definition) is 0. The van der Waals surface area contributed by atoms with Crippen molar-refractivity contribution in [1.82, 2.24) is 0 Å². The predicted molar refractivity (Wildman–Crippen MR) is 57.1 cm³/mol. The molecule has 0 aliphatic rings. The van der Waals surface area contributed by atoms with E-state index in [2.05, 4.69) is 60.8 Å². The molecule has 0 nitrogen and oxygen atoms in total. The van der Waals surface area contributed by atoms with Crippen LogP contribution >= 0.6 is 0 Å². The molecule has 0 fully saturated rings. The normalized spacial score (nSPS) is 14.5. The molecule has 0 atom stereocenters. The van der Waals surface area contributed by atoms with Crippen molar-refractivity contribution in [1.29, 1.82) is 0 Å². The van der Waals surface area contributed by atoms with Gasteiger partial charge in [0.2, 0.25) is 0 Å². The minimum absolute atomic E-state index is 0.0211. The monoisotopic (exact) mass is 210 g/mol. The molecule has 70 valence electrons. The second kappa shape index (κ2) is 8.28. The molecule has 0 aliphatic heterocycles. The molecule has 0 rings (SSSR count). The standard InChI is InChI=1S/2C6H9.Ti/c2*1-4-6(3)5-2;/h2*1,4-5H,2-3H3;. The molecule has 0 saturated heterocycles. The third kappa shape index (κ3) is 8.02. The number of rotatable bonds is 4. The van der Waals surface area contributed by atoms with Crippen LogP contribution in [0.3, 0.4) is 0 Å². The van der Waals surface area contributed by atoms with Crippen LogP contribution in [0, 0.1) is 0 Å². The van der Waals surface area contributed by atoms with E-state index >= 15 is 0 Å². The summed E-state index contributed by atoms with van der Waals surface area (Å²) in [6.45, 7) is 8.39. The molecule has 0 aromatic rings. The summed E-state index contributed by atoms with van der Waals surface area (Å²) in [6.07, 6.45) is 8.66. The fourth-order valence-corrected chi connectivity index (χ4v) is 1.90. The predicted octanol–water partition coefficient (Wildman–Crippen LogP) is 4.03. The van der Waals surface area contributed by atoms with Gasteiger partial charge in [-0.1, -0.05) is 0 Å². The van der Waals surface area contributed by atoms with Gasteiger partial charge in [-0.15, -0.1) is 0 Å². The summed E-state index contributed by atoms with van der Waals surface area (Å²) in [4.78, 5) is 0. The van der Waals surface area contributed by atoms with Gasteiger partial charge in [0.15, 0.2) is 0 Å². The van der Waals surface area contributed by atoms with E-state index in [4.69, 9.17) is 0 Å². The van der Waals surface area contributed by atoms with Gasteiger partial charge >= 0.3 is 91.1 Å². The summed E-state index contributed by atoms with van der Waals surface area (Å²) in [6, 6.07) is 0. The maximum atomic E-state index is 2.30. The summed E-state index contributed by atoms with van der Waals surface area (Å²) in [5.74, 6) is 0. The summed E-state index contributed by atoms with van der Waals surface area (Å²) in [5.41, 5.74) is 2.69. The molecule has 0 saturated carbocycles. The van der Waals surface area contributed by atoms with Crippen molar-refractivity contribution in [3.63, 3.8) is 0 Å². The zero-order valence-corrected chi connectivity index (χ0v) is 10.5. The Balaban J connectivity index is 3.80. The van der Waals surface area contributed by atoms with Crippen molar-refractivity contribution in [3.05, 3.63) is 44.2 Å².